The summed E-state index contributed by atoms with van der Waals surface area (Å²) in [7, 11) is 1.82. The molecule has 5 nitrogen and oxygen atoms in total. The molecule has 1 amide bonds. The van der Waals surface area contributed by atoms with Crippen molar-refractivity contribution in [1.82, 2.24) is 20.0 Å². The Bertz CT molecular complexity index is 442. The predicted molar refractivity (Wildman–Crippen MR) is 77.2 cm³/mol. The number of hydrogen-bond donors (Lipinski definition) is 1. The molecule has 0 aliphatic heterocycles. The first-order chi connectivity index (χ1) is 8.85. The minimum atomic E-state index is 0.0366. The maximum atomic E-state index is 11.8. The molecule has 6 heteroatoms. The molecule has 1 aromatic rings. The summed E-state index contributed by atoms with van der Waals surface area (Å²) in [6, 6.07) is 0.162. The van der Waals surface area contributed by atoms with Gasteiger partial charge >= 0.3 is 0 Å². The van der Waals surface area contributed by atoms with Crippen LogP contribution >= 0.6 is 11.6 Å². The first-order valence-electron chi connectivity index (χ1n) is 6.54. The topological polar surface area (TPSA) is 50.2 Å². The van der Waals surface area contributed by atoms with Crippen molar-refractivity contribution in [2.24, 2.45) is 7.05 Å². The number of hydrogen-bond acceptors (Lipinski definition) is 3. The van der Waals surface area contributed by atoms with E-state index in [0.29, 0.717) is 18.2 Å². The summed E-state index contributed by atoms with van der Waals surface area (Å²) in [5.41, 5.74) is 1.90. The van der Waals surface area contributed by atoms with E-state index in [9.17, 15) is 4.79 Å². The molecule has 0 aliphatic carbocycles. The minimum absolute atomic E-state index is 0.0366. The molecule has 0 saturated heterocycles. The van der Waals surface area contributed by atoms with Crippen molar-refractivity contribution in [1.29, 1.82) is 0 Å². The fourth-order valence-electron chi connectivity index (χ4n) is 1.93. The van der Waals surface area contributed by atoms with Gasteiger partial charge in [0.25, 0.3) is 0 Å². The van der Waals surface area contributed by atoms with E-state index in [0.717, 1.165) is 17.8 Å². The van der Waals surface area contributed by atoms with Gasteiger partial charge in [-0.25, -0.2) is 0 Å². The molecule has 0 fully saturated rings. The van der Waals surface area contributed by atoms with Crippen LogP contribution < -0.4 is 5.32 Å². The van der Waals surface area contributed by atoms with Crippen LogP contribution in [-0.4, -0.2) is 39.7 Å². The minimum Gasteiger partial charge on any atom is -0.353 e. The highest BCUT2D eigenvalue weighted by Crippen LogP contribution is 2.20. The van der Waals surface area contributed by atoms with Gasteiger partial charge in [0.15, 0.2) is 0 Å². The molecule has 108 valence electrons. The average Bonchev–Trinajstić information content (AvgIpc) is 2.53. The lowest BCUT2D eigenvalue weighted by Gasteiger charge is -2.20. The van der Waals surface area contributed by atoms with Crippen molar-refractivity contribution in [3.63, 3.8) is 0 Å². The van der Waals surface area contributed by atoms with Gasteiger partial charge < -0.3 is 5.32 Å². The highest BCUT2D eigenvalue weighted by atomic mass is 35.5. The molecule has 0 unspecified atom stereocenters. The second-order valence-corrected chi connectivity index (χ2v) is 5.36. The highest BCUT2D eigenvalue weighted by Gasteiger charge is 2.16. The van der Waals surface area contributed by atoms with Crippen LogP contribution in [0.3, 0.4) is 0 Å². The zero-order chi connectivity index (χ0) is 14.6. The second kappa shape index (κ2) is 6.91. The van der Waals surface area contributed by atoms with Crippen LogP contribution in [0.15, 0.2) is 0 Å². The largest absolute Gasteiger partial charge is 0.353 e. The number of aryl methyl sites for hydroxylation is 2. The lowest BCUT2D eigenvalue weighted by Crippen LogP contribution is -2.39. The van der Waals surface area contributed by atoms with E-state index in [1.807, 2.05) is 39.6 Å². The number of carbonyl (C=O) groups is 1. The lowest BCUT2D eigenvalue weighted by atomic mass is 10.2. The Kier molecular flexibility index (Phi) is 5.82. The number of aromatic nitrogens is 2. The SMILES string of the molecule is CCN(CC(=O)NC(C)C)Cc1c(C)nn(C)c1Cl. The van der Waals surface area contributed by atoms with Gasteiger partial charge in [0, 0.05) is 25.2 Å². The van der Waals surface area contributed by atoms with Crippen LogP contribution in [0.25, 0.3) is 0 Å². The van der Waals surface area contributed by atoms with Crippen molar-refractivity contribution >= 4 is 17.5 Å². The average molecular weight is 287 g/mol. The molecule has 0 spiro atoms. The van der Waals surface area contributed by atoms with Crippen LogP contribution in [0.1, 0.15) is 32.0 Å². The van der Waals surface area contributed by atoms with Gasteiger partial charge in [-0.05, 0) is 27.3 Å². The molecule has 0 atom stereocenters. The number of nitrogens with zero attached hydrogens (tertiary/aromatic N) is 3. The number of carbonyl (C=O) groups excluding carboxylic acids is 1. The number of amides is 1. The highest BCUT2D eigenvalue weighted by molar-refractivity contribution is 6.30. The van der Waals surface area contributed by atoms with E-state index in [1.165, 1.54) is 0 Å². The normalized spacial score (nSPS) is 11.4. The summed E-state index contributed by atoms with van der Waals surface area (Å²) in [6.07, 6.45) is 0. The Hall–Kier alpha value is -1.07. The summed E-state index contributed by atoms with van der Waals surface area (Å²) in [5, 5.41) is 7.82. The Morgan fingerprint density at radius 3 is 2.58 bits per heavy atom. The zero-order valence-electron chi connectivity index (χ0n) is 12.3. The molecule has 1 heterocycles. The molecule has 1 rings (SSSR count). The van der Waals surface area contributed by atoms with Crippen LogP contribution in [0, 0.1) is 6.92 Å². The lowest BCUT2D eigenvalue weighted by molar-refractivity contribution is -0.122. The van der Waals surface area contributed by atoms with Crippen LogP contribution in [0.2, 0.25) is 5.15 Å². The number of halogens is 1. The molecule has 1 N–H and O–H groups in total. The van der Waals surface area contributed by atoms with Gasteiger partial charge in [0.1, 0.15) is 5.15 Å². The van der Waals surface area contributed by atoms with E-state index in [-0.39, 0.29) is 11.9 Å². The van der Waals surface area contributed by atoms with Crippen molar-refractivity contribution < 1.29 is 4.79 Å². The monoisotopic (exact) mass is 286 g/mol. The molecular weight excluding hydrogens is 264 g/mol. The maximum Gasteiger partial charge on any atom is 0.234 e. The van der Waals surface area contributed by atoms with E-state index in [2.05, 4.69) is 10.4 Å². The molecular formula is C13H23ClN4O. The van der Waals surface area contributed by atoms with Gasteiger partial charge in [0.05, 0.1) is 12.2 Å². The number of likely N-dealkylation sites (N-methyl/N-ethyl adjacent to an activating group) is 1. The van der Waals surface area contributed by atoms with Gasteiger partial charge in [-0.2, -0.15) is 5.10 Å². The molecule has 0 saturated carbocycles. The fraction of sp³-hybridized carbons (Fsp3) is 0.692. The van der Waals surface area contributed by atoms with Gasteiger partial charge in [-0.15, -0.1) is 0 Å². The third kappa shape index (κ3) is 4.51. The second-order valence-electron chi connectivity index (χ2n) is 5.00. The van der Waals surface area contributed by atoms with E-state index >= 15 is 0 Å². The Morgan fingerprint density at radius 2 is 2.16 bits per heavy atom. The van der Waals surface area contributed by atoms with Gasteiger partial charge in [-0.1, -0.05) is 18.5 Å². The number of nitrogens with one attached hydrogen (secondary N) is 1. The van der Waals surface area contributed by atoms with Crippen molar-refractivity contribution in [3.8, 4) is 0 Å². The first kappa shape index (κ1) is 16.0. The molecule has 1 aromatic heterocycles. The van der Waals surface area contributed by atoms with Crippen molar-refractivity contribution in [3.05, 3.63) is 16.4 Å². The Labute approximate surface area is 119 Å². The van der Waals surface area contributed by atoms with E-state index in [1.54, 1.807) is 4.68 Å². The van der Waals surface area contributed by atoms with E-state index in [4.69, 9.17) is 11.6 Å². The van der Waals surface area contributed by atoms with Crippen LogP contribution in [0.5, 0.6) is 0 Å². The van der Waals surface area contributed by atoms with Crippen LogP contribution in [0.4, 0.5) is 0 Å². The standard InChI is InChI=1S/C13H23ClN4O/c1-6-18(8-12(19)15-9(2)3)7-11-10(4)16-17(5)13(11)14/h9H,6-8H2,1-5H3,(H,15,19). The Balaban J connectivity index is 2.69. The molecule has 0 aromatic carbocycles. The van der Waals surface area contributed by atoms with Gasteiger partial charge in [0.2, 0.25) is 5.91 Å². The zero-order valence-corrected chi connectivity index (χ0v) is 13.1. The molecule has 0 aliphatic rings. The summed E-state index contributed by atoms with van der Waals surface area (Å²) >= 11 is 6.21. The van der Waals surface area contributed by atoms with Gasteiger partial charge in [-0.3, -0.25) is 14.4 Å². The number of rotatable bonds is 6. The summed E-state index contributed by atoms with van der Waals surface area (Å²) in [5.74, 6) is 0.0366. The summed E-state index contributed by atoms with van der Waals surface area (Å²) in [6.45, 7) is 9.67. The third-order valence-corrected chi connectivity index (χ3v) is 3.39. The fourth-order valence-corrected chi connectivity index (χ4v) is 2.16. The van der Waals surface area contributed by atoms with E-state index < -0.39 is 0 Å². The molecule has 19 heavy (non-hydrogen) atoms. The van der Waals surface area contributed by atoms with Crippen LogP contribution in [-0.2, 0) is 18.4 Å². The summed E-state index contributed by atoms with van der Waals surface area (Å²) in [4.78, 5) is 13.8. The molecule has 0 radical (unpaired) electrons. The smallest absolute Gasteiger partial charge is 0.234 e. The quantitative estimate of drug-likeness (QED) is 0.866. The third-order valence-electron chi connectivity index (χ3n) is 2.92. The van der Waals surface area contributed by atoms with Crippen molar-refractivity contribution in [2.45, 2.75) is 40.3 Å². The molecule has 0 bridgehead atoms. The first-order valence-corrected chi connectivity index (χ1v) is 6.92. The maximum absolute atomic E-state index is 11.8. The van der Waals surface area contributed by atoms with Crippen molar-refractivity contribution in [2.75, 3.05) is 13.1 Å². The predicted octanol–water partition coefficient (Wildman–Crippen LogP) is 1.73. The summed E-state index contributed by atoms with van der Waals surface area (Å²) < 4.78 is 1.66. The Morgan fingerprint density at radius 1 is 1.53 bits per heavy atom.